The minimum Gasteiger partial charge on any atom is -0.403 e. The van der Waals surface area contributed by atoms with E-state index in [0.29, 0.717) is 13.0 Å². The van der Waals surface area contributed by atoms with E-state index in [9.17, 15) is 13.2 Å². The van der Waals surface area contributed by atoms with Gasteiger partial charge in [-0.1, -0.05) is 18.1 Å². The third-order valence-electron chi connectivity index (χ3n) is 4.33. The Morgan fingerprint density at radius 2 is 1.83 bits per heavy atom. The summed E-state index contributed by atoms with van der Waals surface area (Å²) in [6.07, 6.45) is 1.49. The van der Waals surface area contributed by atoms with Gasteiger partial charge in [0.25, 0.3) is 5.89 Å². The molecule has 0 aliphatic heterocycles. The van der Waals surface area contributed by atoms with E-state index >= 15 is 0 Å². The summed E-state index contributed by atoms with van der Waals surface area (Å²) in [5.41, 5.74) is 0.647. The van der Waals surface area contributed by atoms with E-state index < -0.39 is 17.5 Å². The number of aromatic nitrogens is 2. The van der Waals surface area contributed by atoms with Crippen molar-refractivity contribution in [1.82, 2.24) is 15.5 Å². The van der Waals surface area contributed by atoms with E-state index in [0.717, 1.165) is 24.6 Å². The minimum atomic E-state index is -1.16. The molecule has 3 rings (SSSR count). The first kappa shape index (κ1) is 20.7. The van der Waals surface area contributed by atoms with Gasteiger partial charge in [-0.05, 0) is 56.3 Å². The highest BCUT2D eigenvalue weighted by molar-refractivity contribution is 5.78. The second-order valence-corrected chi connectivity index (χ2v) is 6.37. The predicted octanol–water partition coefficient (Wildman–Crippen LogP) is 4.48. The van der Waals surface area contributed by atoms with Crippen LogP contribution in [0, 0.1) is 17.5 Å². The largest absolute Gasteiger partial charge is 0.403 e. The minimum absolute atomic E-state index is 0.0119. The number of nitrogens with one attached hydrogen (secondary N) is 3. The molecule has 0 spiro atoms. The molecule has 0 saturated heterocycles. The third-order valence-corrected chi connectivity index (χ3v) is 4.33. The van der Waals surface area contributed by atoms with Crippen LogP contribution >= 0.6 is 0 Å². The maximum atomic E-state index is 14.5. The van der Waals surface area contributed by atoms with Crippen molar-refractivity contribution >= 4 is 17.4 Å². The highest BCUT2D eigenvalue weighted by atomic mass is 19.2. The molecule has 0 aliphatic rings. The molecule has 0 amide bonds. The van der Waals surface area contributed by atoms with Crippen molar-refractivity contribution in [2.75, 3.05) is 30.8 Å². The Hall–Kier alpha value is -3.07. The fraction of sp³-hybridized carbons (Fsp3) is 0.300. The van der Waals surface area contributed by atoms with Gasteiger partial charge < -0.3 is 20.4 Å². The standard InChI is InChI=1S/C20H22F3N5O/c1-3-12-5-8-16(15(22)11-12)26-18-13(6-7-14(21)17(18)23)19-27-28-20(29-19)25-10-4-9-24-2/h5-8,11,24,26H,3-4,9-10H2,1-2H3,(H,25,28). The van der Waals surface area contributed by atoms with Gasteiger partial charge in [-0.3, -0.25) is 0 Å². The van der Waals surface area contributed by atoms with E-state index in [4.69, 9.17) is 4.42 Å². The molecule has 0 aliphatic carbocycles. The summed E-state index contributed by atoms with van der Waals surface area (Å²) in [4.78, 5) is 0. The van der Waals surface area contributed by atoms with Crippen LogP contribution in [0.5, 0.6) is 0 Å². The van der Waals surface area contributed by atoms with Gasteiger partial charge in [-0.25, -0.2) is 13.2 Å². The van der Waals surface area contributed by atoms with E-state index in [-0.39, 0.29) is 28.8 Å². The molecule has 9 heteroatoms. The molecule has 0 unspecified atom stereocenters. The molecule has 29 heavy (non-hydrogen) atoms. The van der Waals surface area contributed by atoms with Crippen LogP contribution in [-0.4, -0.2) is 30.3 Å². The van der Waals surface area contributed by atoms with Crippen molar-refractivity contribution < 1.29 is 17.6 Å². The number of halogens is 3. The smallest absolute Gasteiger partial charge is 0.315 e. The first-order valence-electron chi connectivity index (χ1n) is 9.29. The van der Waals surface area contributed by atoms with Crippen molar-refractivity contribution in [3.8, 4) is 11.5 Å². The molecule has 3 aromatic rings. The Labute approximate surface area is 166 Å². The molecule has 154 valence electrons. The summed E-state index contributed by atoms with van der Waals surface area (Å²) in [5.74, 6) is -2.83. The number of anilines is 3. The zero-order valence-electron chi connectivity index (χ0n) is 16.2. The molecule has 0 radical (unpaired) electrons. The van der Waals surface area contributed by atoms with Gasteiger partial charge in [0.2, 0.25) is 0 Å². The lowest BCUT2D eigenvalue weighted by atomic mass is 10.1. The van der Waals surface area contributed by atoms with Crippen molar-refractivity contribution in [2.24, 2.45) is 0 Å². The number of hydrogen-bond donors (Lipinski definition) is 3. The summed E-state index contributed by atoms with van der Waals surface area (Å²) >= 11 is 0. The van der Waals surface area contributed by atoms with Crippen molar-refractivity contribution in [1.29, 1.82) is 0 Å². The molecule has 0 saturated carbocycles. The quantitative estimate of drug-likeness (QED) is 0.456. The Bertz CT molecular complexity index is 977. The summed E-state index contributed by atoms with van der Waals surface area (Å²) < 4.78 is 48.2. The second-order valence-electron chi connectivity index (χ2n) is 6.37. The first-order valence-corrected chi connectivity index (χ1v) is 9.29. The van der Waals surface area contributed by atoms with Crippen LogP contribution in [0.4, 0.5) is 30.6 Å². The predicted molar refractivity (Wildman–Crippen MR) is 106 cm³/mol. The van der Waals surface area contributed by atoms with E-state index in [1.165, 1.54) is 18.2 Å². The molecule has 0 atom stereocenters. The van der Waals surface area contributed by atoms with Crippen molar-refractivity contribution in [3.05, 3.63) is 53.3 Å². The van der Waals surface area contributed by atoms with Crippen molar-refractivity contribution in [3.63, 3.8) is 0 Å². The maximum Gasteiger partial charge on any atom is 0.315 e. The topological polar surface area (TPSA) is 75.0 Å². The van der Waals surface area contributed by atoms with Crippen LogP contribution in [0.2, 0.25) is 0 Å². The molecule has 0 fully saturated rings. The number of aryl methyl sites for hydroxylation is 1. The van der Waals surface area contributed by atoms with Crippen LogP contribution in [0.25, 0.3) is 11.5 Å². The normalized spacial score (nSPS) is 10.9. The fourth-order valence-corrected chi connectivity index (χ4v) is 2.73. The lowest BCUT2D eigenvalue weighted by Crippen LogP contribution is -2.12. The van der Waals surface area contributed by atoms with Crippen LogP contribution in [-0.2, 0) is 6.42 Å². The van der Waals surface area contributed by atoms with Gasteiger partial charge in [-0.2, -0.15) is 0 Å². The van der Waals surface area contributed by atoms with Gasteiger partial charge in [0.1, 0.15) is 5.82 Å². The van der Waals surface area contributed by atoms with E-state index in [1.54, 1.807) is 6.07 Å². The van der Waals surface area contributed by atoms with Gasteiger partial charge in [-0.15, -0.1) is 5.10 Å². The molecule has 3 N–H and O–H groups in total. The lowest BCUT2D eigenvalue weighted by molar-refractivity contribution is 0.510. The highest BCUT2D eigenvalue weighted by Gasteiger charge is 2.20. The Morgan fingerprint density at radius 3 is 2.55 bits per heavy atom. The first-order chi connectivity index (χ1) is 14.0. The number of benzene rings is 2. The molecule has 2 aromatic carbocycles. The summed E-state index contributed by atoms with van der Waals surface area (Å²) in [6, 6.07) is 6.95. The van der Waals surface area contributed by atoms with Crippen LogP contribution in [0.1, 0.15) is 18.9 Å². The zero-order chi connectivity index (χ0) is 20.8. The molecule has 1 heterocycles. The SMILES string of the molecule is CCc1ccc(Nc2c(-c3nnc(NCCCNC)o3)ccc(F)c2F)c(F)c1. The van der Waals surface area contributed by atoms with Gasteiger partial charge >= 0.3 is 6.01 Å². The maximum absolute atomic E-state index is 14.5. The van der Waals surface area contributed by atoms with Gasteiger partial charge in [0.05, 0.1) is 16.9 Å². The number of rotatable bonds is 9. The second kappa shape index (κ2) is 9.42. The summed E-state index contributed by atoms with van der Waals surface area (Å²) in [5, 5.41) is 16.4. The molecule has 6 nitrogen and oxygen atoms in total. The average molecular weight is 405 g/mol. The van der Waals surface area contributed by atoms with Gasteiger partial charge in [0, 0.05) is 6.54 Å². The molecule has 0 bridgehead atoms. The Kier molecular flexibility index (Phi) is 6.71. The molecular weight excluding hydrogens is 383 g/mol. The number of nitrogens with zero attached hydrogens (tertiary/aromatic N) is 2. The Morgan fingerprint density at radius 1 is 1.00 bits per heavy atom. The summed E-state index contributed by atoms with van der Waals surface area (Å²) in [6.45, 7) is 3.31. The Balaban J connectivity index is 1.89. The van der Waals surface area contributed by atoms with E-state index in [1.807, 2.05) is 14.0 Å². The molecule has 1 aromatic heterocycles. The lowest BCUT2D eigenvalue weighted by Gasteiger charge is -2.13. The zero-order valence-corrected chi connectivity index (χ0v) is 16.2. The van der Waals surface area contributed by atoms with Crippen LogP contribution in [0.3, 0.4) is 0 Å². The average Bonchev–Trinajstić information content (AvgIpc) is 3.19. The molecular formula is C20H22F3N5O. The number of hydrogen-bond acceptors (Lipinski definition) is 6. The van der Waals surface area contributed by atoms with E-state index in [2.05, 4.69) is 26.1 Å². The summed E-state index contributed by atoms with van der Waals surface area (Å²) in [7, 11) is 1.85. The highest BCUT2D eigenvalue weighted by Crippen LogP contribution is 2.34. The van der Waals surface area contributed by atoms with Gasteiger partial charge in [0.15, 0.2) is 11.6 Å². The fourth-order valence-electron chi connectivity index (χ4n) is 2.73. The third kappa shape index (κ3) is 4.86. The monoisotopic (exact) mass is 405 g/mol. The van der Waals surface area contributed by atoms with Crippen LogP contribution < -0.4 is 16.0 Å². The van der Waals surface area contributed by atoms with Crippen LogP contribution in [0.15, 0.2) is 34.7 Å². The van der Waals surface area contributed by atoms with Crippen molar-refractivity contribution in [2.45, 2.75) is 19.8 Å².